The normalized spacial score (nSPS) is 20.6. The molecule has 0 saturated carbocycles. The summed E-state index contributed by atoms with van der Waals surface area (Å²) < 4.78 is 5.62. The molecule has 1 N–H and O–H groups in total. The maximum Gasteiger partial charge on any atom is 0.303 e. The fraction of sp³-hybridized carbons (Fsp3) is 0.875. The van der Waals surface area contributed by atoms with E-state index in [1.807, 2.05) is 11.8 Å². The van der Waals surface area contributed by atoms with E-state index in [-0.39, 0.29) is 12.3 Å². The molecule has 0 unspecified atom stereocenters. The molecule has 0 spiro atoms. The minimum atomic E-state index is -0.760. The van der Waals surface area contributed by atoms with Crippen LogP contribution in [0.5, 0.6) is 0 Å². The molecule has 0 radical (unpaired) electrons. The number of rotatable bonds is 8. The van der Waals surface area contributed by atoms with Gasteiger partial charge in [0.1, 0.15) is 6.10 Å². The molecule has 0 aromatic rings. The van der Waals surface area contributed by atoms with Crippen molar-refractivity contribution in [2.75, 3.05) is 19.7 Å². The van der Waals surface area contributed by atoms with Gasteiger partial charge in [0.05, 0.1) is 0 Å². The lowest BCUT2D eigenvalue weighted by molar-refractivity contribution is -0.144. The Bertz CT molecular complexity index is 343. The van der Waals surface area contributed by atoms with Crippen LogP contribution in [0.2, 0.25) is 0 Å². The van der Waals surface area contributed by atoms with E-state index in [1.165, 1.54) is 0 Å². The first-order valence-corrected chi connectivity index (χ1v) is 8.02. The Labute approximate surface area is 127 Å². The third-order valence-electron chi connectivity index (χ3n) is 4.01. The van der Waals surface area contributed by atoms with Crippen molar-refractivity contribution in [2.24, 2.45) is 11.8 Å². The molecule has 1 aliphatic rings. The number of ether oxygens (including phenoxy) is 1. The third-order valence-corrected chi connectivity index (χ3v) is 4.01. The summed E-state index contributed by atoms with van der Waals surface area (Å²) in [5.74, 6) is 0.159. The van der Waals surface area contributed by atoms with E-state index in [0.29, 0.717) is 31.4 Å². The Kier molecular flexibility index (Phi) is 7.72. The second-order valence-electron chi connectivity index (χ2n) is 6.42. The molecule has 5 nitrogen and oxygen atoms in total. The highest BCUT2D eigenvalue weighted by Crippen LogP contribution is 2.22. The van der Waals surface area contributed by atoms with Gasteiger partial charge in [0, 0.05) is 26.1 Å². The Morgan fingerprint density at radius 3 is 2.67 bits per heavy atom. The zero-order valence-corrected chi connectivity index (χ0v) is 13.5. The topological polar surface area (TPSA) is 66.8 Å². The number of likely N-dealkylation sites (tertiary alicyclic amines) is 1. The quantitative estimate of drug-likeness (QED) is 0.748. The standard InChI is InChI=1S/C16H29NO4/c1-12(2)8-10-21-13(3)16(20)17-9-4-5-14(11-17)6-7-15(18)19/h12-14H,4-11H2,1-3H3,(H,18,19)/t13-,14+/m0/s1. The van der Waals surface area contributed by atoms with E-state index in [1.54, 1.807) is 0 Å². The average molecular weight is 299 g/mol. The van der Waals surface area contributed by atoms with E-state index in [0.717, 1.165) is 25.8 Å². The molecule has 2 atom stereocenters. The fourth-order valence-electron chi connectivity index (χ4n) is 2.64. The lowest BCUT2D eigenvalue weighted by atomic mass is 9.93. The minimum Gasteiger partial charge on any atom is -0.481 e. The molecule has 21 heavy (non-hydrogen) atoms. The van der Waals surface area contributed by atoms with Crippen LogP contribution in [0.15, 0.2) is 0 Å². The lowest BCUT2D eigenvalue weighted by Crippen LogP contribution is -2.45. The van der Waals surface area contributed by atoms with Crippen molar-refractivity contribution < 1.29 is 19.4 Å². The third kappa shape index (κ3) is 6.93. The van der Waals surface area contributed by atoms with Gasteiger partial charge in [-0.2, -0.15) is 0 Å². The van der Waals surface area contributed by atoms with Gasteiger partial charge in [0.2, 0.25) is 0 Å². The Hall–Kier alpha value is -1.10. The number of amides is 1. The van der Waals surface area contributed by atoms with Crippen LogP contribution in [0.3, 0.4) is 0 Å². The van der Waals surface area contributed by atoms with Crippen molar-refractivity contribution >= 4 is 11.9 Å². The van der Waals surface area contributed by atoms with Crippen LogP contribution in [0, 0.1) is 11.8 Å². The molecule has 1 saturated heterocycles. The average Bonchev–Trinajstić information content (AvgIpc) is 2.44. The minimum absolute atomic E-state index is 0.0405. The predicted octanol–water partition coefficient (Wildman–Crippen LogP) is 2.54. The predicted molar refractivity (Wildman–Crippen MR) is 81.0 cm³/mol. The Balaban J connectivity index is 2.36. The summed E-state index contributed by atoms with van der Waals surface area (Å²) in [6.07, 6.45) is 3.37. The van der Waals surface area contributed by atoms with Crippen molar-refractivity contribution in [1.29, 1.82) is 0 Å². The maximum absolute atomic E-state index is 12.3. The van der Waals surface area contributed by atoms with Crippen LogP contribution in [0.25, 0.3) is 0 Å². The van der Waals surface area contributed by atoms with Crippen molar-refractivity contribution in [2.45, 2.75) is 59.0 Å². The summed E-state index contributed by atoms with van der Waals surface area (Å²) in [5.41, 5.74) is 0. The highest BCUT2D eigenvalue weighted by molar-refractivity contribution is 5.80. The van der Waals surface area contributed by atoms with E-state index >= 15 is 0 Å². The fourth-order valence-corrected chi connectivity index (χ4v) is 2.64. The molecule has 1 aliphatic heterocycles. The maximum atomic E-state index is 12.3. The first kappa shape index (κ1) is 18.0. The number of aliphatic carboxylic acids is 1. The van der Waals surface area contributed by atoms with Crippen LogP contribution in [0.1, 0.15) is 52.9 Å². The van der Waals surface area contributed by atoms with Crippen LogP contribution in [-0.2, 0) is 14.3 Å². The van der Waals surface area contributed by atoms with Crippen molar-refractivity contribution in [3.05, 3.63) is 0 Å². The van der Waals surface area contributed by atoms with Gasteiger partial charge >= 0.3 is 5.97 Å². The van der Waals surface area contributed by atoms with Gasteiger partial charge in [-0.3, -0.25) is 9.59 Å². The van der Waals surface area contributed by atoms with Crippen LogP contribution >= 0.6 is 0 Å². The monoisotopic (exact) mass is 299 g/mol. The van der Waals surface area contributed by atoms with Gasteiger partial charge in [-0.1, -0.05) is 13.8 Å². The van der Waals surface area contributed by atoms with Crippen molar-refractivity contribution in [3.63, 3.8) is 0 Å². The highest BCUT2D eigenvalue weighted by atomic mass is 16.5. The second kappa shape index (κ2) is 9.03. The molecule has 1 rings (SSSR count). The van der Waals surface area contributed by atoms with E-state index in [9.17, 15) is 9.59 Å². The molecule has 0 aromatic carbocycles. The molecular formula is C16H29NO4. The molecule has 122 valence electrons. The van der Waals surface area contributed by atoms with Gasteiger partial charge in [0.15, 0.2) is 0 Å². The van der Waals surface area contributed by atoms with Crippen LogP contribution in [0.4, 0.5) is 0 Å². The number of carbonyl (C=O) groups excluding carboxylic acids is 1. The second-order valence-corrected chi connectivity index (χ2v) is 6.42. The largest absolute Gasteiger partial charge is 0.481 e. The molecule has 5 heteroatoms. The number of carbonyl (C=O) groups is 2. The number of carboxylic acids is 1. The molecule has 1 fully saturated rings. The molecule has 1 amide bonds. The van der Waals surface area contributed by atoms with Crippen LogP contribution in [-0.4, -0.2) is 47.7 Å². The molecule has 1 heterocycles. The van der Waals surface area contributed by atoms with E-state index in [2.05, 4.69) is 13.8 Å². The zero-order valence-electron chi connectivity index (χ0n) is 13.5. The van der Waals surface area contributed by atoms with Gasteiger partial charge in [-0.15, -0.1) is 0 Å². The number of hydrogen-bond acceptors (Lipinski definition) is 3. The van der Waals surface area contributed by atoms with Gasteiger partial charge in [0.25, 0.3) is 5.91 Å². The van der Waals surface area contributed by atoms with Crippen molar-refractivity contribution in [3.8, 4) is 0 Å². The highest BCUT2D eigenvalue weighted by Gasteiger charge is 2.27. The summed E-state index contributed by atoms with van der Waals surface area (Å²) in [6.45, 7) is 8.12. The number of piperidine rings is 1. The van der Waals surface area contributed by atoms with Gasteiger partial charge in [-0.05, 0) is 44.4 Å². The number of nitrogens with zero attached hydrogens (tertiary/aromatic N) is 1. The Morgan fingerprint density at radius 1 is 1.33 bits per heavy atom. The number of carboxylic acid groups (broad SMARTS) is 1. The number of hydrogen-bond donors (Lipinski definition) is 1. The van der Waals surface area contributed by atoms with Crippen LogP contribution < -0.4 is 0 Å². The van der Waals surface area contributed by atoms with Crippen molar-refractivity contribution in [1.82, 2.24) is 4.90 Å². The summed E-state index contributed by atoms with van der Waals surface area (Å²) in [4.78, 5) is 24.8. The molecule has 0 aromatic heterocycles. The molecular weight excluding hydrogens is 270 g/mol. The Morgan fingerprint density at radius 2 is 2.05 bits per heavy atom. The first-order valence-electron chi connectivity index (χ1n) is 8.02. The summed E-state index contributed by atoms with van der Waals surface area (Å²) >= 11 is 0. The zero-order chi connectivity index (χ0) is 15.8. The summed E-state index contributed by atoms with van der Waals surface area (Å²) in [5, 5.41) is 8.75. The summed E-state index contributed by atoms with van der Waals surface area (Å²) in [7, 11) is 0. The first-order chi connectivity index (χ1) is 9.90. The smallest absolute Gasteiger partial charge is 0.303 e. The van der Waals surface area contributed by atoms with Gasteiger partial charge < -0.3 is 14.7 Å². The summed E-state index contributed by atoms with van der Waals surface area (Å²) in [6, 6.07) is 0. The van der Waals surface area contributed by atoms with Gasteiger partial charge in [-0.25, -0.2) is 0 Å². The van der Waals surface area contributed by atoms with E-state index < -0.39 is 12.1 Å². The molecule has 0 bridgehead atoms. The molecule has 0 aliphatic carbocycles. The van der Waals surface area contributed by atoms with E-state index in [4.69, 9.17) is 9.84 Å². The SMILES string of the molecule is CC(C)CCO[C@@H](C)C(=O)N1CCC[C@H](CCC(=O)O)C1. The lowest BCUT2D eigenvalue weighted by Gasteiger charge is -2.34.